The second kappa shape index (κ2) is 4.41. The molecule has 0 bridgehead atoms. The minimum Gasteiger partial charge on any atom is -0.381 e. The van der Waals surface area contributed by atoms with Gasteiger partial charge in [0.2, 0.25) is 11.7 Å². The molecule has 3 heterocycles. The van der Waals surface area contributed by atoms with E-state index < -0.39 is 0 Å². The van der Waals surface area contributed by atoms with Gasteiger partial charge >= 0.3 is 0 Å². The van der Waals surface area contributed by atoms with Crippen LogP contribution >= 0.6 is 11.3 Å². The molecule has 7 nitrogen and oxygen atoms in total. The molecule has 8 heteroatoms. The van der Waals surface area contributed by atoms with Crippen LogP contribution < -0.4 is 5.73 Å². The van der Waals surface area contributed by atoms with E-state index in [4.69, 9.17) is 10.3 Å². The van der Waals surface area contributed by atoms with Gasteiger partial charge in [0.05, 0.1) is 5.69 Å². The average Bonchev–Trinajstić information content (AvgIpc) is 2.88. The third-order valence-corrected chi connectivity index (χ3v) is 3.98. The van der Waals surface area contributed by atoms with E-state index in [0.717, 1.165) is 24.1 Å². The van der Waals surface area contributed by atoms with Crippen molar-refractivity contribution in [2.75, 3.05) is 5.73 Å². The molecule has 0 amide bonds. The summed E-state index contributed by atoms with van der Waals surface area (Å²) < 4.78 is 7.03. The SMILES string of the molecule is Nc1nnn(Cc2nc(-c3ccsc3)no2)c1C1CC1. The van der Waals surface area contributed by atoms with Gasteiger partial charge in [-0.2, -0.15) is 16.3 Å². The van der Waals surface area contributed by atoms with Gasteiger partial charge in [-0.1, -0.05) is 10.4 Å². The zero-order valence-corrected chi connectivity index (χ0v) is 11.4. The second-order valence-electron chi connectivity index (χ2n) is 4.82. The van der Waals surface area contributed by atoms with Gasteiger partial charge in [-0.05, 0) is 24.3 Å². The quantitative estimate of drug-likeness (QED) is 0.787. The number of hydrogen-bond acceptors (Lipinski definition) is 7. The van der Waals surface area contributed by atoms with Crippen molar-refractivity contribution in [1.29, 1.82) is 0 Å². The molecule has 1 fully saturated rings. The van der Waals surface area contributed by atoms with Gasteiger partial charge in [0.25, 0.3) is 0 Å². The fraction of sp³-hybridized carbons (Fsp3) is 0.333. The molecule has 4 rings (SSSR count). The van der Waals surface area contributed by atoms with Crippen LogP contribution in [0.25, 0.3) is 11.4 Å². The lowest BCUT2D eigenvalue weighted by Crippen LogP contribution is -2.07. The van der Waals surface area contributed by atoms with Crippen LogP contribution in [0.5, 0.6) is 0 Å². The largest absolute Gasteiger partial charge is 0.381 e. The fourth-order valence-corrected chi connectivity index (χ4v) is 2.82. The van der Waals surface area contributed by atoms with Gasteiger partial charge in [-0.25, -0.2) is 4.68 Å². The van der Waals surface area contributed by atoms with E-state index in [1.54, 1.807) is 16.0 Å². The fourth-order valence-electron chi connectivity index (χ4n) is 2.18. The number of nitrogens with two attached hydrogens (primary N) is 1. The lowest BCUT2D eigenvalue weighted by atomic mass is 10.3. The first kappa shape index (κ1) is 11.6. The first-order valence-electron chi connectivity index (χ1n) is 6.35. The van der Waals surface area contributed by atoms with Crippen LogP contribution in [0.2, 0.25) is 0 Å². The van der Waals surface area contributed by atoms with Crippen molar-refractivity contribution in [3.63, 3.8) is 0 Å². The molecule has 102 valence electrons. The summed E-state index contributed by atoms with van der Waals surface area (Å²) in [5.74, 6) is 2.09. The summed E-state index contributed by atoms with van der Waals surface area (Å²) in [5, 5.41) is 15.9. The summed E-state index contributed by atoms with van der Waals surface area (Å²) in [6.45, 7) is 0.410. The van der Waals surface area contributed by atoms with Crippen molar-refractivity contribution < 1.29 is 4.52 Å². The third-order valence-electron chi connectivity index (χ3n) is 3.30. The van der Waals surface area contributed by atoms with Gasteiger partial charge in [0.1, 0.15) is 6.54 Å². The van der Waals surface area contributed by atoms with Crippen LogP contribution in [0.3, 0.4) is 0 Å². The van der Waals surface area contributed by atoms with E-state index in [-0.39, 0.29) is 0 Å². The van der Waals surface area contributed by atoms with Crippen LogP contribution in [-0.2, 0) is 6.54 Å². The van der Waals surface area contributed by atoms with Crippen molar-refractivity contribution in [2.45, 2.75) is 25.3 Å². The summed E-state index contributed by atoms with van der Waals surface area (Å²) >= 11 is 1.60. The second-order valence-corrected chi connectivity index (χ2v) is 5.60. The topological polar surface area (TPSA) is 95.7 Å². The number of aromatic nitrogens is 5. The van der Waals surface area contributed by atoms with E-state index in [1.807, 2.05) is 16.8 Å². The van der Waals surface area contributed by atoms with Crippen molar-refractivity contribution in [3.05, 3.63) is 28.4 Å². The smallest absolute Gasteiger partial charge is 0.248 e. The Hall–Kier alpha value is -2.22. The number of thiophene rings is 1. The zero-order valence-electron chi connectivity index (χ0n) is 10.6. The first-order valence-corrected chi connectivity index (χ1v) is 7.29. The summed E-state index contributed by atoms with van der Waals surface area (Å²) in [7, 11) is 0. The first-order chi connectivity index (χ1) is 9.81. The van der Waals surface area contributed by atoms with E-state index in [0.29, 0.717) is 30.0 Å². The Labute approximate surface area is 118 Å². The molecular weight excluding hydrogens is 276 g/mol. The summed E-state index contributed by atoms with van der Waals surface area (Å²) in [4.78, 5) is 4.38. The van der Waals surface area contributed by atoms with Crippen LogP contribution in [0.4, 0.5) is 5.82 Å². The molecule has 2 N–H and O–H groups in total. The van der Waals surface area contributed by atoms with Crippen molar-refractivity contribution in [1.82, 2.24) is 25.1 Å². The van der Waals surface area contributed by atoms with E-state index in [1.165, 1.54) is 0 Å². The van der Waals surface area contributed by atoms with Gasteiger partial charge < -0.3 is 10.3 Å². The standard InChI is InChI=1S/C12H12N6OS/c13-11-10(7-1-2-7)18(17-15-11)5-9-14-12(16-19-9)8-3-4-20-6-8/h3-4,6-7H,1-2,5,13H2. The Morgan fingerprint density at radius 1 is 1.45 bits per heavy atom. The molecule has 0 saturated heterocycles. The normalized spacial score (nSPS) is 14.8. The number of rotatable bonds is 4. The summed E-state index contributed by atoms with van der Waals surface area (Å²) in [6, 6.07) is 1.96. The van der Waals surface area contributed by atoms with E-state index in [9.17, 15) is 0 Å². The maximum absolute atomic E-state index is 5.86. The molecule has 1 saturated carbocycles. The average molecular weight is 288 g/mol. The Bertz CT molecular complexity index is 727. The van der Waals surface area contributed by atoms with Crippen molar-refractivity contribution in [3.8, 4) is 11.4 Å². The molecule has 1 aliphatic carbocycles. The predicted molar refractivity (Wildman–Crippen MR) is 73.1 cm³/mol. The van der Waals surface area contributed by atoms with Crippen molar-refractivity contribution in [2.24, 2.45) is 0 Å². The van der Waals surface area contributed by atoms with Crippen LogP contribution in [0.1, 0.15) is 30.3 Å². The van der Waals surface area contributed by atoms with Gasteiger partial charge in [-0.15, -0.1) is 5.10 Å². The predicted octanol–water partition coefficient (Wildman–Crippen LogP) is 1.90. The highest BCUT2D eigenvalue weighted by Crippen LogP contribution is 2.42. The minimum atomic E-state index is 0.410. The Morgan fingerprint density at radius 3 is 3.10 bits per heavy atom. The van der Waals surface area contributed by atoms with Gasteiger partial charge in [-0.3, -0.25) is 0 Å². The number of anilines is 1. The Balaban J connectivity index is 1.60. The molecule has 1 aliphatic rings. The van der Waals surface area contributed by atoms with E-state index >= 15 is 0 Å². The molecule has 0 aromatic carbocycles. The highest BCUT2D eigenvalue weighted by molar-refractivity contribution is 7.08. The molecule has 0 atom stereocenters. The highest BCUT2D eigenvalue weighted by Gasteiger charge is 2.31. The van der Waals surface area contributed by atoms with E-state index in [2.05, 4.69) is 20.5 Å². The van der Waals surface area contributed by atoms with Crippen LogP contribution in [0.15, 0.2) is 21.3 Å². The third kappa shape index (κ3) is 1.97. The number of nitrogens with zero attached hydrogens (tertiary/aromatic N) is 5. The number of hydrogen-bond donors (Lipinski definition) is 1. The van der Waals surface area contributed by atoms with Crippen molar-refractivity contribution >= 4 is 17.2 Å². The zero-order chi connectivity index (χ0) is 13.5. The molecule has 0 radical (unpaired) electrons. The Kier molecular flexibility index (Phi) is 2.56. The molecule has 3 aromatic rings. The lowest BCUT2D eigenvalue weighted by molar-refractivity contribution is 0.362. The minimum absolute atomic E-state index is 0.410. The maximum Gasteiger partial charge on any atom is 0.248 e. The molecule has 0 spiro atoms. The van der Waals surface area contributed by atoms with Gasteiger partial charge in [0, 0.05) is 16.9 Å². The number of nitrogen functional groups attached to an aromatic ring is 1. The van der Waals surface area contributed by atoms with Crippen LogP contribution in [0, 0.1) is 0 Å². The lowest BCUT2D eigenvalue weighted by Gasteiger charge is -2.01. The molecular formula is C12H12N6OS. The summed E-state index contributed by atoms with van der Waals surface area (Å²) in [5.41, 5.74) is 7.81. The molecule has 20 heavy (non-hydrogen) atoms. The molecule has 0 aliphatic heterocycles. The molecule has 0 unspecified atom stereocenters. The summed E-state index contributed by atoms with van der Waals surface area (Å²) in [6.07, 6.45) is 2.28. The monoisotopic (exact) mass is 288 g/mol. The molecule has 3 aromatic heterocycles. The maximum atomic E-state index is 5.86. The highest BCUT2D eigenvalue weighted by atomic mass is 32.1. The Morgan fingerprint density at radius 2 is 2.35 bits per heavy atom. The van der Waals surface area contributed by atoms with Crippen LogP contribution in [-0.4, -0.2) is 25.1 Å². The van der Waals surface area contributed by atoms with Gasteiger partial charge in [0.15, 0.2) is 5.82 Å².